The number of tetrazole rings is 1. The number of nitrogens with zero attached hydrogens (tertiary/aromatic N) is 5. The van der Waals surface area contributed by atoms with E-state index in [-0.39, 0.29) is 12.3 Å². The highest BCUT2D eigenvalue weighted by Gasteiger charge is 2.15. The summed E-state index contributed by atoms with van der Waals surface area (Å²) in [5, 5.41) is 12.2. The van der Waals surface area contributed by atoms with Gasteiger partial charge in [0.25, 0.3) is 0 Å². The van der Waals surface area contributed by atoms with Gasteiger partial charge in [-0.2, -0.15) is 9.36 Å². The Hall–Kier alpha value is -3.13. The number of ether oxygens (including phenoxy) is 1. The number of oxime groups is 1. The van der Waals surface area contributed by atoms with Crippen molar-refractivity contribution in [1.82, 2.24) is 19.8 Å². The Kier molecular flexibility index (Phi) is 6.33. The molecule has 0 bridgehead atoms. The normalized spacial score (nSPS) is 11.6. The summed E-state index contributed by atoms with van der Waals surface area (Å²) >= 11 is 6.38. The summed E-state index contributed by atoms with van der Waals surface area (Å²) in [5.41, 5.74) is 3.50. The Morgan fingerprint density at radius 2 is 2.03 bits per heavy atom. The third kappa shape index (κ3) is 4.48. The van der Waals surface area contributed by atoms with Crippen LogP contribution in [0.3, 0.4) is 0 Å². The highest BCUT2D eigenvalue weighted by Crippen LogP contribution is 2.26. The van der Waals surface area contributed by atoms with E-state index in [4.69, 9.17) is 21.2 Å². The fourth-order valence-corrected chi connectivity index (χ4v) is 2.98. The van der Waals surface area contributed by atoms with Gasteiger partial charge in [-0.15, -0.1) is 0 Å². The van der Waals surface area contributed by atoms with Gasteiger partial charge in [-0.05, 0) is 72.7 Å². The van der Waals surface area contributed by atoms with Crippen LogP contribution >= 0.6 is 11.6 Å². The molecule has 2 aromatic carbocycles. The van der Waals surface area contributed by atoms with Crippen molar-refractivity contribution >= 4 is 17.3 Å². The van der Waals surface area contributed by atoms with E-state index in [0.717, 1.165) is 21.5 Å². The van der Waals surface area contributed by atoms with Gasteiger partial charge in [0.2, 0.25) is 0 Å². The molecule has 0 atom stereocenters. The highest BCUT2D eigenvalue weighted by atomic mass is 35.5. The van der Waals surface area contributed by atoms with Crippen LogP contribution < -0.4 is 10.4 Å². The molecule has 0 fully saturated rings. The molecule has 0 amide bonds. The summed E-state index contributed by atoms with van der Waals surface area (Å²) in [6, 6.07) is 11.0. The lowest BCUT2D eigenvalue weighted by Gasteiger charge is -2.14. The molecule has 0 saturated carbocycles. The number of aromatic nitrogens is 4. The van der Waals surface area contributed by atoms with Crippen molar-refractivity contribution < 1.29 is 9.57 Å². The van der Waals surface area contributed by atoms with Crippen LogP contribution in [0.2, 0.25) is 5.02 Å². The Bertz CT molecular complexity index is 1100. The number of rotatable bonds is 7. The van der Waals surface area contributed by atoms with Crippen molar-refractivity contribution in [2.75, 3.05) is 6.61 Å². The van der Waals surface area contributed by atoms with E-state index in [2.05, 4.69) is 15.6 Å². The molecular formula is C20H22ClN5O3. The van der Waals surface area contributed by atoms with Crippen LogP contribution in [-0.4, -0.2) is 32.1 Å². The lowest BCUT2D eigenvalue weighted by Crippen LogP contribution is -2.23. The van der Waals surface area contributed by atoms with Crippen molar-refractivity contribution in [3.63, 3.8) is 0 Å². The summed E-state index contributed by atoms with van der Waals surface area (Å²) in [6.07, 6.45) is 0. The van der Waals surface area contributed by atoms with Crippen LogP contribution in [0.5, 0.6) is 5.75 Å². The first-order valence-corrected chi connectivity index (χ1v) is 9.47. The maximum atomic E-state index is 12.2. The molecule has 3 rings (SSSR count). The third-order valence-corrected chi connectivity index (χ3v) is 4.69. The van der Waals surface area contributed by atoms with Gasteiger partial charge in [-0.1, -0.05) is 22.8 Å². The molecule has 1 heterocycles. The standard InChI is InChI=1S/C20H22ClN5O3/c1-5-29-22-14(3)15-9-10-19(13(2)11-15)28-12-16-17(21)7-6-8-18(16)26-20(27)25(4)23-24-26/h6-11H,5,12H2,1-4H3/b22-14-. The first-order valence-electron chi connectivity index (χ1n) is 9.09. The van der Waals surface area contributed by atoms with E-state index in [0.29, 0.717) is 28.6 Å². The maximum Gasteiger partial charge on any atom is 0.368 e. The topological polar surface area (TPSA) is 83.5 Å². The Labute approximate surface area is 173 Å². The van der Waals surface area contributed by atoms with Gasteiger partial charge < -0.3 is 9.57 Å². The van der Waals surface area contributed by atoms with Gasteiger partial charge in [0.1, 0.15) is 19.0 Å². The van der Waals surface area contributed by atoms with Crippen molar-refractivity contribution in [2.45, 2.75) is 27.4 Å². The average molecular weight is 416 g/mol. The molecule has 1 aromatic heterocycles. The second-order valence-corrected chi connectivity index (χ2v) is 6.81. The van der Waals surface area contributed by atoms with Crippen molar-refractivity contribution in [3.8, 4) is 11.4 Å². The Balaban J connectivity index is 1.86. The largest absolute Gasteiger partial charge is 0.488 e. The molecule has 0 aliphatic carbocycles. The second-order valence-electron chi connectivity index (χ2n) is 6.40. The minimum absolute atomic E-state index is 0.171. The summed E-state index contributed by atoms with van der Waals surface area (Å²) < 4.78 is 8.36. The van der Waals surface area contributed by atoms with Crippen LogP contribution in [0.15, 0.2) is 46.3 Å². The second kappa shape index (κ2) is 8.91. The molecule has 29 heavy (non-hydrogen) atoms. The van der Waals surface area contributed by atoms with E-state index >= 15 is 0 Å². The smallest absolute Gasteiger partial charge is 0.368 e. The minimum atomic E-state index is -0.363. The lowest BCUT2D eigenvalue weighted by molar-refractivity contribution is 0.159. The first-order chi connectivity index (χ1) is 13.9. The molecule has 0 N–H and O–H groups in total. The molecule has 0 radical (unpaired) electrons. The van der Waals surface area contributed by atoms with Crippen LogP contribution in [0.4, 0.5) is 0 Å². The molecular weight excluding hydrogens is 394 g/mol. The zero-order valence-corrected chi connectivity index (χ0v) is 17.5. The van der Waals surface area contributed by atoms with Gasteiger partial charge in [0.15, 0.2) is 0 Å². The molecule has 0 aliphatic heterocycles. The molecule has 152 valence electrons. The summed E-state index contributed by atoms with van der Waals surface area (Å²) in [7, 11) is 1.54. The summed E-state index contributed by atoms with van der Waals surface area (Å²) in [4.78, 5) is 17.3. The van der Waals surface area contributed by atoms with Gasteiger partial charge in [-0.3, -0.25) is 0 Å². The molecule has 0 spiro atoms. The highest BCUT2D eigenvalue weighted by molar-refractivity contribution is 6.31. The third-order valence-electron chi connectivity index (χ3n) is 4.34. The van der Waals surface area contributed by atoms with Crippen molar-refractivity contribution in [1.29, 1.82) is 0 Å². The predicted octanol–water partition coefficient (Wildman–Crippen LogP) is 3.27. The Morgan fingerprint density at radius 1 is 1.24 bits per heavy atom. The molecule has 0 saturated heterocycles. The SMILES string of the molecule is CCO/N=C(/C)c1ccc(OCc2c(Cl)cccc2-n2nnn(C)c2=O)c(C)c1. The van der Waals surface area contributed by atoms with Gasteiger partial charge >= 0.3 is 5.69 Å². The van der Waals surface area contributed by atoms with Crippen molar-refractivity contribution in [3.05, 3.63) is 68.6 Å². The summed E-state index contributed by atoms with van der Waals surface area (Å²) in [6.45, 7) is 6.42. The fourth-order valence-electron chi connectivity index (χ4n) is 2.75. The first kappa shape index (κ1) is 20.6. The van der Waals surface area contributed by atoms with E-state index in [9.17, 15) is 4.79 Å². The summed E-state index contributed by atoms with van der Waals surface area (Å²) in [5.74, 6) is 0.704. The van der Waals surface area contributed by atoms with Crippen molar-refractivity contribution in [2.24, 2.45) is 12.2 Å². The van der Waals surface area contributed by atoms with Gasteiger partial charge in [-0.25, -0.2) is 4.79 Å². The lowest BCUT2D eigenvalue weighted by atomic mass is 10.1. The van der Waals surface area contributed by atoms with Crippen LogP contribution in [-0.2, 0) is 18.5 Å². The predicted molar refractivity (Wildman–Crippen MR) is 111 cm³/mol. The number of halogens is 1. The maximum absolute atomic E-state index is 12.2. The zero-order chi connectivity index (χ0) is 21.0. The number of hydrogen-bond donors (Lipinski definition) is 0. The van der Waals surface area contributed by atoms with Gasteiger partial charge in [0.05, 0.1) is 11.4 Å². The van der Waals surface area contributed by atoms with E-state index in [1.54, 1.807) is 18.2 Å². The van der Waals surface area contributed by atoms with Crippen LogP contribution in [0.25, 0.3) is 5.69 Å². The molecule has 8 nitrogen and oxygen atoms in total. The van der Waals surface area contributed by atoms with E-state index in [1.807, 2.05) is 39.0 Å². The quantitative estimate of drug-likeness (QED) is 0.437. The zero-order valence-electron chi connectivity index (χ0n) is 16.7. The monoisotopic (exact) mass is 415 g/mol. The molecule has 3 aromatic rings. The molecule has 0 aliphatic rings. The van der Waals surface area contributed by atoms with E-state index in [1.165, 1.54) is 11.7 Å². The Morgan fingerprint density at radius 3 is 2.69 bits per heavy atom. The molecule has 9 heteroatoms. The van der Waals surface area contributed by atoms with E-state index < -0.39 is 0 Å². The average Bonchev–Trinajstić information content (AvgIpc) is 3.04. The van der Waals surface area contributed by atoms with Gasteiger partial charge in [0, 0.05) is 17.6 Å². The van der Waals surface area contributed by atoms with Crippen LogP contribution in [0.1, 0.15) is 30.5 Å². The molecule has 0 unspecified atom stereocenters. The van der Waals surface area contributed by atoms with Crippen LogP contribution in [0, 0.1) is 6.92 Å². The number of aryl methyl sites for hydroxylation is 2. The number of benzene rings is 2. The fraction of sp³-hybridized carbons (Fsp3) is 0.300. The minimum Gasteiger partial charge on any atom is -0.488 e. The number of hydrogen-bond acceptors (Lipinski definition) is 6.